The van der Waals surface area contributed by atoms with E-state index in [1.807, 2.05) is 0 Å². The molecule has 2 aromatic carbocycles. The molecule has 1 aliphatic heterocycles. The average Bonchev–Trinajstić information content (AvgIpc) is 3.24. The third-order valence-corrected chi connectivity index (χ3v) is 5.34. The van der Waals surface area contributed by atoms with E-state index in [-0.39, 0.29) is 37.5 Å². The molecule has 0 unspecified atom stereocenters. The number of phenols is 1. The van der Waals surface area contributed by atoms with Crippen molar-refractivity contribution in [3.8, 4) is 11.4 Å². The van der Waals surface area contributed by atoms with Gasteiger partial charge in [0.05, 0.1) is 17.3 Å². The van der Waals surface area contributed by atoms with Gasteiger partial charge in [-0.15, -0.1) is 0 Å². The lowest BCUT2D eigenvalue weighted by Gasteiger charge is -2.35. The molecule has 4 rings (SSSR count). The van der Waals surface area contributed by atoms with Crippen molar-refractivity contribution in [2.45, 2.75) is 6.18 Å². The maximum atomic E-state index is 14.1. The Hall–Kier alpha value is -3.89. The van der Waals surface area contributed by atoms with Gasteiger partial charge in [-0.3, -0.25) is 9.59 Å². The number of para-hydroxylation sites is 2. The molecule has 0 radical (unpaired) electrons. The fourth-order valence-electron chi connectivity index (χ4n) is 3.69. The molecule has 0 atom stereocenters. The quantitative estimate of drug-likeness (QED) is 0.606. The van der Waals surface area contributed by atoms with Crippen molar-refractivity contribution < 1.29 is 32.3 Å². The molecule has 7 nitrogen and oxygen atoms in total. The molecule has 0 bridgehead atoms. The van der Waals surface area contributed by atoms with Crippen molar-refractivity contribution in [3.63, 3.8) is 0 Å². The van der Waals surface area contributed by atoms with E-state index in [1.54, 1.807) is 12.1 Å². The topological polar surface area (TPSA) is 78.7 Å². The number of piperazine rings is 1. The van der Waals surface area contributed by atoms with Crippen LogP contribution in [-0.4, -0.2) is 62.7 Å². The minimum absolute atomic E-state index is 0.0135. The van der Waals surface area contributed by atoms with Crippen LogP contribution in [0.3, 0.4) is 0 Å². The first kappa shape index (κ1) is 22.3. The van der Waals surface area contributed by atoms with E-state index in [0.717, 1.165) is 18.3 Å². The van der Waals surface area contributed by atoms with Crippen molar-refractivity contribution in [1.29, 1.82) is 0 Å². The fourth-order valence-corrected chi connectivity index (χ4v) is 3.69. The van der Waals surface area contributed by atoms with E-state index in [4.69, 9.17) is 0 Å². The number of carbonyl (C=O) groups is 2. The Bertz CT molecular complexity index is 1200. The zero-order valence-corrected chi connectivity index (χ0v) is 17.1. The number of aromatic nitrogens is 2. The highest BCUT2D eigenvalue weighted by atomic mass is 19.4. The van der Waals surface area contributed by atoms with Crippen LogP contribution < -0.4 is 0 Å². The second kappa shape index (κ2) is 8.57. The van der Waals surface area contributed by atoms with Gasteiger partial charge in [-0.1, -0.05) is 24.3 Å². The Kier molecular flexibility index (Phi) is 5.79. The van der Waals surface area contributed by atoms with Crippen molar-refractivity contribution in [2.24, 2.45) is 0 Å². The average molecular weight is 462 g/mol. The van der Waals surface area contributed by atoms with E-state index in [0.29, 0.717) is 4.68 Å². The summed E-state index contributed by atoms with van der Waals surface area (Å²) in [5.74, 6) is -2.46. The number of hydrogen-bond donors (Lipinski definition) is 1. The Labute approximate surface area is 185 Å². The number of alkyl halides is 3. The number of amides is 2. The summed E-state index contributed by atoms with van der Waals surface area (Å²) in [5, 5.41) is 13.5. The highest BCUT2D eigenvalue weighted by molar-refractivity contribution is 5.98. The van der Waals surface area contributed by atoms with Gasteiger partial charge < -0.3 is 14.9 Å². The van der Waals surface area contributed by atoms with Crippen LogP contribution in [0, 0.1) is 5.82 Å². The number of nitrogens with zero attached hydrogens (tertiary/aromatic N) is 4. The van der Waals surface area contributed by atoms with Crippen LogP contribution in [0.4, 0.5) is 17.6 Å². The minimum Gasteiger partial charge on any atom is -0.507 e. The molecule has 1 aliphatic rings. The summed E-state index contributed by atoms with van der Waals surface area (Å²) < 4.78 is 56.0. The lowest BCUT2D eigenvalue weighted by molar-refractivity contribution is -0.143. The van der Waals surface area contributed by atoms with Crippen LogP contribution in [0.2, 0.25) is 0 Å². The fraction of sp³-hybridized carbons (Fsp3) is 0.227. The van der Waals surface area contributed by atoms with Gasteiger partial charge in [0.25, 0.3) is 11.8 Å². The molecule has 3 aromatic rings. The molecule has 0 saturated carbocycles. The molecule has 1 N–H and O–H groups in total. The summed E-state index contributed by atoms with van der Waals surface area (Å²) in [6, 6.07) is 10.8. The number of phenolic OH excluding ortho intramolecular Hbond substituents is 1. The molecule has 1 fully saturated rings. The number of hydrogen-bond acceptors (Lipinski definition) is 4. The van der Waals surface area contributed by atoms with Gasteiger partial charge in [0.1, 0.15) is 17.3 Å². The first-order chi connectivity index (χ1) is 15.7. The third-order valence-electron chi connectivity index (χ3n) is 5.34. The summed E-state index contributed by atoms with van der Waals surface area (Å²) in [4.78, 5) is 28.1. The summed E-state index contributed by atoms with van der Waals surface area (Å²) in [6.07, 6.45) is -4.19. The second-order valence-corrected chi connectivity index (χ2v) is 7.37. The van der Waals surface area contributed by atoms with Crippen LogP contribution in [0.15, 0.2) is 54.7 Å². The normalized spacial score (nSPS) is 14.4. The summed E-state index contributed by atoms with van der Waals surface area (Å²) >= 11 is 0. The summed E-state index contributed by atoms with van der Waals surface area (Å²) in [6.45, 7) is 0.115. The summed E-state index contributed by atoms with van der Waals surface area (Å²) in [5.41, 5.74) is -2.40. The molecular formula is C22H18F4N4O3. The molecule has 33 heavy (non-hydrogen) atoms. The van der Waals surface area contributed by atoms with Crippen LogP contribution >= 0.6 is 0 Å². The van der Waals surface area contributed by atoms with Gasteiger partial charge in [-0.2, -0.15) is 18.3 Å². The Morgan fingerprint density at radius 2 is 1.39 bits per heavy atom. The van der Waals surface area contributed by atoms with Gasteiger partial charge in [0, 0.05) is 26.2 Å². The predicted molar refractivity (Wildman–Crippen MR) is 108 cm³/mol. The van der Waals surface area contributed by atoms with Gasteiger partial charge in [-0.25, -0.2) is 9.07 Å². The van der Waals surface area contributed by atoms with Gasteiger partial charge in [-0.05, 0) is 24.3 Å². The van der Waals surface area contributed by atoms with Crippen LogP contribution in [0.5, 0.6) is 5.75 Å². The van der Waals surface area contributed by atoms with E-state index in [2.05, 4.69) is 5.10 Å². The van der Waals surface area contributed by atoms with E-state index < -0.39 is 40.8 Å². The zero-order valence-electron chi connectivity index (χ0n) is 17.1. The van der Waals surface area contributed by atoms with Crippen LogP contribution in [-0.2, 0) is 6.18 Å². The molecule has 1 aromatic heterocycles. The third kappa shape index (κ3) is 4.26. The number of carbonyl (C=O) groups excluding carboxylic acids is 2. The predicted octanol–water partition coefficient (Wildman–Crippen LogP) is 3.33. The minimum atomic E-state index is -4.97. The van der Waals surface area contributed by atoms with Crippen molar-refractivity contribution in [1.82, 2.24) is 19.6 Å². The van der Waals surface area contributed by atoms with E-state index >= 15 is 0 Å². The van der Waals surface area contributed by atoms with E-state index in [1.165, 1.54) is 34.1 Å². The lowest BCUT2D eigenvalue weighted by Crippen LogP contribution is -2.50. The molecule has 2 heterocycles. The number of rotatable bonds is 3. The smallest absolute Gasteiger partial charge is 0.434 e. The second-order valence-electron chi connectivity index (χ2n) is 7.37. The Morgan fingerprint density at radius 1 is 0.848 bits per heavy atom. The van der Waals surface area contributed by atoms with Crippen LogP contribution in [0.1, 0.15) is 26.4 Å². The van der Waals surface area contributed by atoms with E-state index in [9.17, 15) is 32.3 Å². The monoisotopic (exact) mass is 462 g/mol. The SMILES string of the molecule is O=C(c1ccccc1O)N1CCN(C(=O)c2cnn(-c3ccccc3F)c2C(F)(F)F)CC1. The largest absolute Gasteiger partial charge is 0.507 e. The number of aromatic hydroxyl groups is 1. The van der Waals surface area contributed by atoms with Crippen LogP contribution in [0.25, 0.3) is 5.69 Å². The molecule has 2 amide bonds. The Morgan fingerprint density at radius 3 is 1.97 bits per heavy atom. The molecular weight excluding hydrogens is 444 g/mol. The molecule has 0 aliphatic carbocycles. The first-order valence-electron chi connectivity index (χ1n) is 9.95. The van der Waals surface area contributed by atoms with Gasteiger partial charge >= 0.3 is 6.18 Å². The highest BCUT2D eigenvalue weighted by Crippen LogP contribution is 2.35. The number of halogens is 4. The first-order valence-corrected chi connectivity index (χ1v) is 9.95. The standard InChI is InChI=1S/C22H18F4N4O3/c23-16-6-2-3-7-17(16)30-19(22(24,25)26)15(13-27-30)21(33)29-11-9-28(10-12-29)20(32)14-5-1-4-8-18(14)31/h1-8,13,31H,9-12H2. The Balaban J connectivity index is 1.56. The maximum Gasteiger partial charge on any atom is 0.434 e. The maximum absolute atomic E-state index is 14.1. The van der Waals surface area contributed by atoms with Crippen molar-refractivity contribution in [3.05, 3.63) is 77.4 Å². The molecule has 1 saturated heterocycles. The lowest BCUT2D eigenvalue weighted by atomic mass is 10.1. The molecule has 0 spiro atoms. The number of benzene rings is 2. The zero-order chi connectivity index (χ0) is 23.8. The molecule has 172 valence electrons. The van der Waals surface area contributed by atoms with Gasteiger partial charge in [0.15, 0.2) is 5.69 Å². The highest BCUT2D eigenvalue weighted by Gasteiger charge is 2.42. The molecule has 11 heteroatoms. The summed E-state index contributed by atoms with van der Waals surface area (Å²) in [7, 11) is 0. The van der Waals surface area contributed by atoms with Gasteiger partial charge in [0.2, 0.25) is 0 Å². The van der Waals surface area contributed by atoms with Crippen molar-refractivity contribution >= 4 is 11.8 Å². The van der Waals surface area contributed by atoms with Crippen molar-refractivity contribution in [2.75, 3.05) is 26.2 Å².